The maximum absolute atomic E-state index is 12.6. The van der Waals surface area contributed by atoms with Gasteiger partial charge in [-0.25, -0.2) is 9.48 Å². The van der Waals surface area contributed by atoms with Gasteiger partial charge in [-0.1, -0.05) is 0 Å². The quantitative estimate of drug-likeness (QED) is 0.678. The molecule has 136 valence electrons. The highest BCUT2D eigenvalue weighted by Gasteiger charge is 2.35. The van der Waals surface area contributed by atoms with Gasteiger partial charge in [0.15, 0.2) is 11.4 Å². The van der Waals surface area contributed by atoms with Crippen molar-refractivity contribution < 1.29 is 14.3 Å². The van der Waals surface area contributed by atoms with E-state index in [1.807, 2.05) is 13.2 Å². The summed E-state index contributed by atoms with van der Waals surface area (Å²) >= 11 is 1.57. The highest BCUT2D eigenvalue weighted by atomic mass is 32.2. The molecule has 0 radical (unpaired) electrons. The molecule has 1 saturated carbocycles. The highest BCUT2D eigenvalue weighted by Crippen LogP contribution is 2.46. The van der Waals surface area contributed by atoms with Gasteiger partial charge in [0.1, 0.15) is 11.4 Å². The van der Waals surface area contributed by atoms with E-state index in [0.29, 0.717) is 34.6 Å². The first-order valence-electron chi connectivity index (χ1n) is 8.54. The van der Waals surface area contributed by atoms with E-state index in [1.165, 1.54) is 0 Å². The Morgan fingerprint density at radius 1 is 1.46 bits per heavy atom. The number of carbonyl (C=O) groups excluding carboxylic acids is 1. The fourth-order valence-electron chi connectivity index (χ4n) is 2.74. The maximum Gasteiger partial charge on any atom is 0.360 e. The summed E-state index contributed by atoms with van der Waals surface area (Å²) in [5, 5.41) is 13.7. The van der Waals surface area contributed by atoms with Gasteiger partial charge < -0.3 is 9.47 Å². The van der Waals surface area contributed by atoms with Gasteiger partial charge in [-0.15, -0.1) is 11.8 Å². The van der Waals surface area contributed by atoms with Crippen LogP contribution in [0, 0.1) is 18.3 Å². The lowest BCUT2D eigenvalue weighted by Crippen LogP contribution is -2.13. The number of hydrogen-bond acceptors (Lipinski definition) is 6. The third-order valence-corrected chi connectivity index (χ3v) is 4.66. The van der Waals surface area contributed by atoms with E-state index in [1.54, 1.807) is 41.6 Å². The molecule has 6 nitrogen and oxygen atoms in total. The Morgan fingerprint density at radius 3 is 2.81 bits per heavy atom. The van der Waals surface area contributed by atoms with E-state index in [-0.39, 0.29) is 6.61 Å². The third-order valence-electron chi connectivity index (χ3n) is 4.16. The Balaban J connectivity index is 2.04. The lowest BCUT2D eigenvalue weighted by molar-refractivity contribution is 0.0510. The van der Waals surface area contributed by atoms with Crippen LogP contribution in [0.5, 0.6) is 11.5 Å². The number of esters is 1. The molecule has 1 fully saturated rings. The molecule has 0 unspecified atom stereocenters. The normalized spacial score (nSPS) is 13.3. The summed E-state index contributed by atoms with van der Waals surface area (Å²) in [6.07, 6.45) is 4.04. The number of rotatable bonds is 7. The predicted octanol–water partition coefficient (Wildman–Crippen LogP) is 4.23. The van der Waals surface area contributed by atoms with Crippen LogP contribution in [0.4, 0.5) is 0 Å². The second kappa shape index (κ2) is 7.83. The predicted molar refractivity (Wildman–Crippen MR) is 99.6 cm³/mol. The van der Waals surface area contributed by atoms with E-state index < -0.39 is 5.97 Å². The van der Waals surface area contributed by atoms with E-state index in [4.69, 9.17) is 14.7 Å². The lowest BCUT2D eigenvalue weighted by Gasteiger charge is -2.10. The Hall–Kier alpha value is -2.46. The first kappa shape index (κ1) is 18.3. The highest BCUT2D eigenvalue weighted by molar-refractivity contribution is 7.97. The fraction of sp³-hybridized carbons (Fsp3) is 0.421. The molecular formula is C19H21N3O3S. The Morgan fingerprint density at radius 2 is 2.23 bits per heavy atom. The molecular weight excluding hydrogens is 350 g/mol. The van der Waals surface area contributed by atoms with Gasteiger partial charge in [0.25, 0.3) is 0 Å². The first-order chi connectivity index (χ1) is 12.6. The van der Waals surface area contributed by atoms with Gasteiger partial charge in [0.2, 0.25) is 0 Å². The summed E-state index contributed by atoms with van der Waals surface area (Å²) in [6, 6.07) is 7.41. The minimum Gasteiger partial charge on any atom is -0.461 e. The van der Waals surface area contributed by atoms with Gasteiger partial charge in [-0.2, -0.15) is 10.4 Å². The van der Waals surface area contributed by atoms with Crippen LogP contribution in [0.25, 0.3) is 0 Å². The molecule has 1 heterocycles. The topological polar surface area (TPSA) is 77.1 Å². The number of aromatic nitrogens is 2. The summed E-state index contributed by atoms with van der Waals surface area (Å²) in [4.78, 5) is 12.6. The second-order valence-electron chi connectivity index (χ2n) is 6.17. The van der Waals surface area contributed by atoms with Gasteiger partial charge in [-0.3, -0.25) is 0 Å². The molecule has 1 aromatic heterocycles. The molecule has 2 aromatic rings. The molecule has 1 aliphatic rings. The monoisotopic (exact) mass is 371 g/mol. The number of nitriles is 1. The van der Waals surface area contributed by atoms with Crippen molar-refractivity contribution in [3.63, 3.8) is 0 Å². The molecule has 0 N–H and O–H groups in total. The summed E-state index contributed by atoms with van der Waals surface area (Å²) in [7, 11) is 0. The second-order valence-corrected chi connectivity index (χ2v) is 7.00. The van der Waals surface area contributed by atoms with Crippen LogP contribution in [-0.2, 0) is 10.6 Å². The van der Waals surface area contributed by atoms with Crippen LogP contribution in [-0.4, -0.2) is 28.6 Å². The van der Waals surface area contributed by atoms with Crippen molar-refractivity contribution in [2.45, 2.75) is 38.5 Å². The zero-order valence-electron chi connectivity index (χ0n) is 15.1. The minimum absolute atomic E-state index is 0.289. The summed E-state index contributed by atoms with van der Waals surface area (Å²) < 4.78 is 13.0. The van der Waals surface area contributed by atoms with Gasteiger partial charge in [0.05, 0.1) is 24.1 Å². The molecule has 7 heteroatoms. The molecule has 0 amide bonds. The lowest BCUT2D eigenvalue weighted by atomic mass is 10.1. The number of benzene rings is 1. The van der Waals surface area contributed by atoms with Gasteiger partial charge in [0, 0.05) is 5.92 Å². The molecule has 26 heavy (non-hydrogen) atoms. The van der Waals surface area contributed by atoms with Crippen LogP contribution in [0.2, 0.25) is 0 Å². The molecule has 1 aliphatic carbocycles. The first-order valence-corrected chi connectivity index (χ1v) is 9.93. The van der Waals surface area contributed by atoms with E-state index in [9.17, 15) is 4.79 Å². The number of hydrogen-bond donors (Lipinski definition) is 0. The Labute approximate surface area is 157 Å². The van der Waals surface area contributed by atoms with Crippen molar-refractivity contribution in [2.75, 3.05) is 12.9 Å². The number of ether oxygens (including phenoxy) is 2. The summed E-state index contributed by atoms with van der Waals surface area (Å²) in [5.41, 5.74) is 2.59. The molecule has 0 bridgehead atoms. The number of aryl methyl sites for hydroxylation is 1. The minimum atomic E-state index is -0.429. The maximum atomic E-state index is 12.6. The smallest absolute Gasteiger partial charge is 0.360 e. The number of thioether (sulfide) groups is 1. The number of carbonyl (C=O) groups is 1. The fourth-order valence-corrected chi connectivity index (χ4v) is 3.18. The van der Waals surface area contributed by atoms with Crippen LogP contribution in [0.3, 0.4) is 0 Å². The van der Waals surface area contributed by atoms with Crippen molar-refractivity contribution in [2.24, 2.45) is 0 Å². The molecule has 0 saturated heterocycles. The Bertz CT molecular complexity index is 866. The summed E-state index contributed by atoms with van der Waals surface area (Å²) in [6.45, 7) is 3.92. The van der Waals surface area contributed by atoms with E-state index in [0.717, 1.165) is 24.1 Å². The van der Waals surface area contributed by atoms with Crippen molar-refractivity contribution in [3.05, 3.63) is 40.7 Å². The molecule has 3 rings (SSSR count). The van der Waals surface area contributed by atoms with E-state index in [2.05, 4.69) is 11.2 Å². The van der Waals surface area contributed by atoms with Crippen molar-refractivity contribution in [3.8, 4) is 17.6 Å². The molecule has 0 aliphatic heterocycles. The standard InChI is InChI=1S/C19H21N3O3S/c1-4-24-19(23)17-18(16(13-5-6-13)21-22(17)11-26-3)25-15-8-7-14(10-20)12(2)9-15/h7-9,13H,4-6,11H2,1-3H3. The molecule has 0 spiro atoms. The van der Waals surface area contributed by atoms with Crippen molar-refractivity contribution >= 4 is 17.7 Å². The van der Waals surface area contributed by atoms with Crippen LogP contribution in [0.15, 0.2) is 18.2 Å². The zero-order chi connectivity index (χ0) is 18.7. The van der Waals surface area contributed by atoms with Crippen LogP contribution in [0.1, 0.15) is 53.0 Å². The van der Waals surface area contributed by atoms with Crippen LogP contribution < -0.4 is 4.74 Å². The average Bonchev–Trinajstić information content (AvgIpc) is 3.39. The van der Waals surface area contributed by atoms with Gasteiger partial charge >= 0.3 is 5.97 Å². The van der Waals surface area contributed by atoms with Crippen molar-refractivity contribution in [1.82, 2.24) is 9.78 Å². The van der Waals surface area contributed by atoms with Crippen LogP contribution >= 0.6 is 11.8 Å². The largest absolute Gasteiger partial charge is 0.461 e. The SMILES string of the molecule is CCOC(=O)c1c(Oc2ccc(C#N)c(C)c2)c(C2CC2)nn1CSC. The molecule has 1 aromatic carbocycles. The van der Waals surface area contributed by atoms with E-state index >= 15 is 0 Å². The Kier molecular flexibility index (Phi) is 5.52. The zero-order valence-corrected chi connectivity index (χ0v) is 15.9. The summed E-state index contributed by atoms with van der Waals surface area (Å²) in [5.74, 6) is 1.49. The average molecular weight is 371 g/mol. The van der Waals surface area contributed by atoms with Gasteiger partial charge in [-0.05, 0) is 56.7 Å². The number of nitrogens with zero attached hydrogens (tertiary/aromatic N) is 3. The van der Waals surface area contributed by atoms with Crippen molar-refractivity contribution in [1.29, 1.82) is 5.26 Å². The molecule has 0 atom stereocenters. The third kappa shape index (κ3) is 3.70.